The molecule has 0 aliphatic rings. The van der Waals surface area contributed by atoms with Crippen molar-refractivity contribution >= 4 is 30.1 Å². The molecule has 0 heterocycles. The van der Waals surface area contributed by atoms with E-state index in [0.717, 1.165) is 6.54 Å². The minimum atomic E-state index is -4.68. The summed E-state index contributed by atoms with van der Waals surface area (Å²) in [5, 5.41) is 0.470. The van der Waals surface area contributed by atoms with Crippen molar-refractivity contribution in [2.24, 2.45) is 5.73 Å². The van der Waals surface area contributed by atoms with Gasteiger partial charge in [-0.2, -0.15) is 0 Å². The minimum absolute atomic E-state index is 0.0486. The second kappa shape index (κ2) is 7.93. The second-order valence-corrected chi connectivity index (χ2v) is 6.97. The molecule has 92 valence electrons. The molecule has 0 aliphatic carbocycles. The second-order valence-electron chi connectivity index (χ2n) is 3.16. The van der Waals surface area contributed by atoms with Crippen molar-refractivity contribution in [1.82, 2.24) is 0 Å². The van der Waals surface area contributed by atoms with Crippen LogP contribution < -0.4 is 10.1 Å². The van der Waals surface area contributed by atoms with Gasteiger partial charge in [-0.15, -0.1) is 0 Å². The summed E-state index contributed by atoms with van der Waals surface area (Å²) in [7, 11) is 0. The average Bonchev–Trinajstić information content (AvgIpc) is 2.19. The van der Waals surface area contributed by atoms with Crippen molar-refractivity contribution < 1.29 is 11.9 Å². The Balaban J connectivity index is 0.000000385. The monoisotopic (exact) mass is 309 g/mol. The standard InChI is InChI=1S/C6H6AsClO3.C4H11N/c8-6-3-1-5(2-4-6)7(9,10)11;1-2-3-4-5/h1-4H,(H2,9,10,11);2-5H2,1H3. The molecule has 0 saturated carbocycles. The predicted octanol–water partition coefficient (Wildman–Crippen LogP) is 0.646. The van der Waals surface area contributed by atoms with Crippen LogP contribution in [-0.4, -0.2) is 28.9 Å². The molecule has 1 rings (SSSR count). The van der Waals surface area contributed by atoms with E-state index in [2.05, 4.69) is 6.92 Å². The van der Waals surface area contributed by atoms with Gasteiger partial charge in [-0.25, -0.2) is 0 Å². The first-order valence-corrected chi connectivity index (χ1v) is 8.69. The van der Waals surface area contributed by atoms with Gasteiger partial charge in [-0.05, 0) is 13.0 Å². The molecule has 0 saturated heterocycles. The molecule has 0 bridgehead atoms. The number of nitrogens with two attached hydrogens (primary N) is 1. The molecule has 4 N–H and O–H groups in total. The Hall–Kier alpha value is -0.252. The summed E-state index contributed by atoms with van der Waals surface area (Å²) in [6.45, 7) is 2.98. The van der Waals surface area contributed by atoms with E-state index in [1.165, 1.54) is 37.1 Å². The van der Waals surface area contributed by atoms with Crippen LogP contribution in [0.2, 0.25) is 5.02 Å². The van der Waals surface area contributed by atoms with Crippen LogP contribution in [0.3, 0.4) is 0 Å². The first-order chi connectivity index (χ1) is 7.41. The van der Waals surface area contributed by atoms with Crippen LogP contribution in [0, 0.1) is 0 Å². The van der Waals surface area contributed by atoms with Crippen LogP contribution in [-0.2, 0) is 3.74 Å². The van der Waals surface area contributed by atoms with Gasteiger partial charge in [0.2, 0.25) is 0 Å². The predicted molar refractivity (Wildman–Crippen MR) is 65.9 cm³/mol. The molecule has 0 spiro atoms. The van der Waals surface area contributed by atoms with E-state index in [1.807, 2.05) is 0 Å². The van der Waals surface area contributed by atoms with Crippen molar-refractivity contribution in [2.75, 3.05) is 6.54 Å². The number of rotatable bonds is 3. The van der Waals surface area contributed by atoms with Crippen LogP contribution >= 0.6 is 11.6 Å². The third-order valence-electron chi connectivity index (χ3n) is 1.72. The van der Waals surface area contributed by atoms with E-state index in [9.17, 15) is 3.74 Å². The summed E-state index contributed by atoms with van der Waals surface area (Å²) in [5.41, 5.74) is 5.14. The van der Waals surface area contributed by atoms with Gasteiger partial charge < -0.3 is 5.73 Å². The number of hydrogen-bond acceptors (Lipinski definition) is 2. The average molecular weight is 310 g/mol. The molecule has 0 unspecified atom stereocenters. The summed E-state index contributed by atoms with van der Waals surface area (Å²) in [5.74, 6) is 0. The molecular formula is C10H17AsClNO3. The zero-order chi connectivity index (χ0) is 12.6. The van der Waals surface area contributed by atoms with Gasteiger partial charge in [0.15, 0.2) is 0 Å². The van der Waals surface area contributed by atoms with Crippen LogP contribution in [0.15, 0.2) is 24.3 Å². The first-order valence-electron chi connectivity index (χ1n) is 4.93. The van der Waals surface area contributed by atoms with Gasteiger partial charge in [-0.3, -0.25) is 0 Å². The Morgan fingerprint density at radius 2 is 1.81 bits per heavy atom. The molecule has 1 aromatic carbocycles. The summed E-state index contributed by atoms with van der Waals surface area (Å²) < 4.78 is 28.1. The van der Waals surface area contributed by atoms with Crippen LogP contribution in [0.5, 0.6) is 0 Å². The third kappa shape index (κ3) is 7.09. The number of halogens is 1. The van der Waals surface area contributed by atoms with E-state index in [-0.39, 0.29) is 4.35 Å². The fraction of sp³-hybridized carbons (Fsp3) is 0.400. The summed E-state index contributed by atoms with van der Waals surface area (Å²) in [4.78, 5) is 0. The van der Waals surface area contributed by atoms with E-state index in [1.54, 1.807) is 0 Å². The molecule has 4 nitrogen and oxygen atoms in total. The van der Waals surface area contributed by atoms with Crippen LogP contribution in [0.4, 0.5) is 0 Å². The molecule has 16 heavy (non-hydrogen) atoms. The molecule has 0 fully saturated rings. The quantitative estimate of drug-likeness (QED) is 0.716. The molecule has 0 aliphatic heterocycles. The summed E-state index contributed by atoms with van der Waals surface area (Å²) >= 11 is 0.832. The zero-order valence-corrected chi connectivity index (χ0v) is 11.8. The Kier molecular flexibility index (Phi) is 7.81. The maximum absolute atomic E-state index is 10.7. The van der Waals surface area contributed by atoms with Gasteiger partial charge in [0.1, 0.15) is 0 Å². The van der Waals surface area contributed by atoms with E-state index >= 15 is 0 Å². The van der Waals surface area contributed by atoms with Crippen LogP contribution in [0.25, 0.3) is 0 Å². The Labute approximate surface area is 103 Å². The molecule has 0 radical (unpaired) electrons. The Morgan fingerprint density at radius 3 is 2.06 bits per heavy atom. The Morgan fingerprint density at radius 1 is 1.31 bits per heavy atom. The van der Waals surface area contributed by atoms with Gasteiger partial charge in [0.05, 0.1) is 0 Å². The van der Waals surface area contributed by atoms with Crippen LogP contribution in [0.1, 0.15) is 19.8 Å². The molecule has 0 amide bonds. The zero-order valence-electron chi connectivity index (χ0n) is 9.14. The van der Waals surface area contributed by atoms with Crippen molar-refractivity contribution in [3.8, 4) is 0 Å². The normalized spacial score (nSPS) is 10.6. The van der Waals surface area contributed by atoms with Crippen molar-refractivity contribution in [1.29, 1.82) is 0 Å². The van der Waals surface area contributed by atoms with Gasteiger partial charge in [0, 0.05) is 0 Å². The van der Waals surface area contributed by atoms with E-state index in [0.29, 0.717) is 5.02 Å². The molecule has 0 atom stereocenters. The molecule has 1 aromatic rings. The first kappa shape index (κ1) is 15.7. The topological polar surface area (TPSA) is 83.6 Å². The number of unbranched alkanes of at least 4 members (excludes halogenated alkanes) is 1. The van der Waals surface area contributed by atoms with Gasteiger partial charge in [0.25, 0.3) is 0 Å². The SMILES string of the molecule is CCCCN.O=[As](O)(O)c1ccc(Cl)cc1. The van der Waals surface area contributed by atoms with Gasteiger partial charge >= 0.3 is 71.3 Å². The fourth-order valence-electron chi connectivity index (χ4n) is 0.839. The number of benzene rings is 1. The summed E-state index contributed by atoms with van der Waals surface area (Å²) in [6, 6.07) is 5.58. The Bertz CT molecular complexity index is 334. The van der Waals surface area contributed by atoms with E-state index < -0.39 is 14.2 Å². The van der Waals surface area contributed by atoms with Gasteiger partial charge in [-0.1, -0.05) is 13.3 Å². The van der Waals surface area contributed by atoms with E-state index in [4.69, 9.17) is 25.5 Å². The molecule has 6 heteroatoms. The molecule has 0 aromatic heterocycles. The molecular weight excluding hydrogens is 292 g/mol. The number of hydrogen-bond donors (Lipinski definition) is 3. The summed E-state index contributed by atoms with van der Waals surface area (Å²) in [6.07, 6.45) is 2.39. The maximum atomic E-state index is 10.7. The third-order valence-corrected chi connectivity index (χ3v) is 4.01. The van der Waals surface area contributed by atoms with Crippen molar-refractivity contribution in [3.05, 3.63) is 29.3 Å². The van der Waals surface area contributed by atoms with Crippen molar-refractivity contribution in [3.63, 3.8) is 0 Å². The fourth-order valence-corrected chi connectivity index (χ4v) is 2.09. The van der Waals surface area contributed by atoms with Crippen molar-refractivity contribution in [2.45, 2.75) is 19.8 Å².